The zero-order valence-electron chi connectivity index (χ0n) is 27.8. The number of allylic oxidation sites excluding steroid dienone is 1. The van der Waals surface area contributed by atoms with Crippen LogP contribution in [0.2, 0.25) is 0 Å². The third kappa shape index (κ3) is 8.09. The summed E-state index contributed by atoms with van der Waals surface area (Å²) >= 11 is 0. The molecule has 1 saturated heterocycles. The monoisotopic (exact) mass is 658 g/mol. The van der Waals surface area contributed by atoms with Gasteiger partial charge in [0.2, 0.25) is 11.8 Å². The van der Waals surface area contributed by atoms with E-state index in [-0.39, 0.29) is 29.9 Å². The van der Waals surface area contributed by atoms with Crippen LogP contribution in [-0.2, 0) is 27.3 Å². The number of rotatable bonds is 14. The van der Waals surface area contributed by atoms with E-state index in [1.54, 1.807) is 17.0 Å². The third-order valence-electron chi connectivity index (χ3n) is 9.17. The number of nitrogens with zero attached hydrogens (tertiary/aromatic N) is 1. The molecule has 8 nitrogen and oxygen atoms in total. The van der Waals surface area contributed by atoms with Crippen molar-refractivity contribution in [2.24, 2.45) is 0 Å². The average molecular weight is 659 g/mol. The number of unbranched alkanes of at least 4 members (excludes halogenated alkanes) is 1. The molecule has 2 N–H and O–H groups in total. The number of piperidine rings is 1. The minimum absolute atomic E-state index is 0.146. The first-order valence-corrected chi connectivity index (χ1v) is 17.1. The second kappa shape index (κ2) is 15.8. The number of carbonyl (C=O) groups is 3. The number of phenolic OH excluding ortho intramolecular Hbond substituents is 1. The van der Waals surface area contributed by atoms with Crippen LogP contribution in [0.25, 0.3) is 11.1 Å². The molecule has 1 fully saturated rings. The number of amides is 3. The van der Waals surface area contributed by atoms with Crippen molar-refractivity contribution in [2.45, 2.75) is 58.0 Å². The number of fused-ring (bicyclic) bond motifs is 1. The number of aryl methyl sites for hydroxylation is 1. The van der Waals surface area contributed by atoms with Crippen LogP contribution in [0, 0.1) is 0 Å². The number of imide groups is 1. The molecule has 252 valence electrons. The number of phenols is 1. The van der Waals surface area contributed by atoms with Gasteiger partial charge in [0.25, 0.3) is 5.91 Å². The van der Waals surface area contributed by atoms with Crippen molar-refractivity contribution < 1.29 is 29.0 Å². The summed E-state index contributed by atoms with van der Waals surface area (Å²) < 4.78 is 11.8. The molecule has 0 aromatic heterocycles. The van der Waals surface area contributed by atoms with E-state index in [1.165, 1.54) is 11.1 Å². The van der Waals surface area contributed by atoms with Crippen LogP contribution in [-0.4, -0.2) is 53.6 Å². The number of hydrogen-bond donors (Lipinski definition) is 2. The molecule has 4 aromatic rings. The lowest BCUT2D eigenvalue weighted by molar-refractivity contribution is -0.136. The summed E-state index contributed by atoms with van der Waals surface area (Å²) in [4.78, 5) is 38.3. The van der Waals surface area contributed by atoms with Crippen molar-refractivity contribution in [2.75, 3.05) is 19.8 Å². The standard InChI is InChI=1S/C41H42N2O6/c1-2-35(29-9-4-3-5-10-29)39(30-12-16-33(44)17-13-30)31-14-18-34(19-15-31)49-25-24-48-23-7-6-8-28-11-20-36-32(26-28)27-43(41(36)47)37-21-22-38(45)42-40(37)46/h3-5,9-20,26,37,44H,2,6-8,21-25,27H2,1H3,(H,42,45,46)/b39-35-. The molecule has 2 heterocycles. The van der Waals surface area contributed by atoms with E-state index < -0.39 is 6.04 Å². The summed E-state index contributed by atoms with van der Waals surface area (Å²) in [5.41, 5.74) is 8.39. The summed E-state index contributed by atoms with van der Waals surface area (Å²) in [6, 6.07) is 31.2. The quantitative estimate of drug-likeness (QED) is 0.0864. The molecule has 4 aromatic carbocycles. The predicted molar refractivity (Wildman–Crippen MR) is 189 cm³/mol. The third-order valence-corrected chi connectivity index (χ3v) is 9.17. The van der Waals surface area contributed by atoms with Gasteiger partial charge in [0.1, 0.15) is 24.1 Å². The van der Waals surface area contributed by atoms with Gasteiger partial charge in [-0.3, -0.25) is 19.7 Å². The van der Waals surface area contributed by atoms with Gasteiger partial charge < -0.3 is 19.5 Å². The summed E-state index contributed by atoms with van der Waals surface area (Å²) in [5, 5.41) is 12.2. The smallest absolute Gasteiger partial charge is 0.255 e. The van der Waals surface area contributed by atoms with Crippen molar-refractivity contribution in [1.82, 2.24) is 10.2 Å². The summed E-state index contributed by atoms with van der Waals surface area (Å²) in [7, 11) is 0. The van der Waals surface area contributed by atoms with Crippen LogP contribution in [0.15, 0.2) is 97.1 Å². The Kier molecular flexibility index (Phi) is 10.9. The highest BCUT2D eigenvalue weighted by Gasteiger charge is 2.39. The van der Waals surface area contributed by atoms with Crippen molar-refractivity contribution >= 4 is 28.9 Å². The van der Waals surface area contributed by atoms with Gasteiger partial charge in [-0.2, -0.15) is 0 Å². The summed E-state index contributed by atoms with van der Waals surface area (Å²) in [6.07, 6.45) is 4.20. The molecule has 1 unspecified atom stereocenters. The van der Waals surface area contributed by atoms with Crippen LogP contribution in [0.1, 0.15) is 77.2 Å². The zero-order valence-corrected chi connectivity index (χ0v) is 27.8. The van der Waals surface area contributed by atoms with E-state index in [2.05, 4.69) is 54.7 Å². The molecule has 2 aliphatic heterocycles. The lowest BCUT2D eigenvalue weighted by Gasteiger charge is -2.29. The number of ether oxygens (including phenoxy) is 2. The topological polar surface area (TPSA) is 105 Å². The Balaban J connectivity index is 0.951. The fraction of sp³-hybridized carbons (Fsp3) is 0.293. The highest BCUT2D eigenvalue weighted by Crippen LogP contribution is 2.35. The number of nitrogens with one attached hydrogen (secondary N) is 1. The molecular formula is C41H42N2O6. The van der Waals surface area contributed by atoms with Gasteiger partial charge in [-0.05, 0) is 101 Å². The summed E-state index contributed by atoms with van der Waals surface area (Å²) in [5.74, 6) is 0.202. The predicted octanol–water partition coefficient (Wildman–Crippen LogP) is 6.94. The number of hydrogen-bond acceptors (Lipinski definition) is 6. The Morgan fingerprint density at radius 1 is 0.837 bits per heavy atom. The average Bonchev–Trinajstić information content (AvgIpc) is 3.44. The lowest BCUT2D eigenvalue weighted by Crippen LogP contribution is -2.52. The Morgan fingerprint density at radius 3 is 2.29 bits per heavy atom. The van der Waals surface area contributed by atoms with Crippen LogP contribution in [0.3, 0.4) is 0 Å². The SMILES string of the molecule is CC/C(=C(\c1ccc(O)cc1)c1ccc(OCCOCCCCc2ccc3c(c2)CN(C2CCC(=O)NC2=O)C3=O)cc1)c1ccccc1. The van der Waals surface area contributed by atoms with Crippen molar-refractivity contribution in [3.05, 3.63) is 130 Å². The van der Waals surface area contributed by atoms with E-state index in [1.807, 2.05) is 42.5 Å². The number of benzene rings is 4. The van der Waals surface area contributed by atoms with Crippen molar-refractivity contribution in [1.29, 1.82) is 0 Å². The van der Waals surface area contributed by atoms with E-state index >= 15 is 0 Å². The Hall–Kier alpha value is -5.21. The van der Waals surface area contributed by atoms with Crippen molar-refractivity contribution in [3.8, 4) is 11.5 Å². The molecule has 49 heavy (non-hydrogen) atoms. The first-order valence-electron chi connectivity index (χ1n) is 17.1. The van der Waals surface area contributed by atoms with Gasteiger partial charge in [-0.25, -0.2) is 0 Å². The van der Waals surface area contributed by atoms with E-state index in [0.717, 1.165) is 59.3 Å². The number of aromatic hydroxyl groups is 1. The van der Waals surface area contributed by atoms with E-state index in [9.17, 15) is 19.5 Å². The van der Waals surface area contributed by atoms with Crippen molar-refractivity contribution in [3.63, 3.8) is 0 Å². The normalized spacial score (nSPS) is 16.3. The van der Waals surface area contributed by atoms with E-state index in [0.29, 0.717) is 38.3 Å². The first-order chi connectivity index (χ1) is 23.9. The minimum atomic E-state index is -0.595. The largest absolute Gasteiger partial charge is 0.508 e. The molecule has 0 radical (unpaired) electrons. The molecule has 1 atom stereocenters. The van der Waals surface area contributed by atoms with Crippen LogP contribution < -0.4 is 10.1 Å². The highest BCUT2D eigenvalue weighted by molar-refractivity contribution is 6.05. The van der Waals surface area contributed by atoms with Gasteiger partial charge in [-0.15, -0.1) is 0 Å². The Bertz CT molecular complexity index is 1820. The molecule has 3 amide bonds. The molecule has 6 rings (SSSR count). The second-order valence-electron chi connectivity index (χ2n) is 12.5. The second-order valence-corrected chi connectivity index (χ2v) is 12.5. The maximum Gasteiger partial charge on any atom is 0.255 e. The molecule has 0 saturated carbocycles. The lowest BCUT2D eigenvalue weighted by atomic mass is 9.88. The van der Waals surface area contributed by atoms with Crippen LogP contribution >= 0.6 is 0 Å². The minimum Gasteiger partial charge on any atom is -0.508 e. The fourth-order valence-corrected chi connectivity index (χ4v) is 6.66. The highest BCUT2D eigenvalue weighted by atomic mass is 16.5. The maximum atomic E-state index is 12.9. The Labute approximate surface area is 287 Å². The van der Waals surface area contributed by atoms with Crippen LogP contribution in [0.4, 0.5) is 0 Å². The molecule has 2 aliphatic rings. The van der Waals surface area contributed by atoms with Gasteiger partial charge in [0, 0.05) is 25.1 Å². The fourth-order valence-electron chi connectivity index (χ4n) is 6.66. The molecule has 0 aliphatic carbocycles. The van der Waals surface area contributed by atoms with Crippen LogP contribution in [0.5, 0.6) is 11.5 Å². The maximum absolute atomic E-state index is 12.9. The Morgan fingerprint density at radius 2 is 1.57 bits per heavy atom. The van der Waals surface area contributed by atoms with Gasteiger partial charge >= 0.3 is 0 Å². The summed E-state index contributed by atoms with van der Waals surface area (Å²) in [6.45, 7) is 4.13. The number of carbonyl (C=O) groups excluding carboxylic acids is 3. The van der Waals surface area contributed by atoms with Gasteiger partial charge in [0.05, 0.1) is 6.61 Å². The van der Waals surface area contributed by atoms with E-state index in [4.69, 9.17) is 9.47 Å². The molecule has 8 heteroatoms. The molecule has 0 spiro atoms. The van der Waals surface area contributed by atoms with Gasteiger partial charge in [0.15, 0.2) is 0 Å². The zero-order chi connectivity index (χ0) is 34.2. The molecule has 0 bridgehead atoms. The van der Waals surface area contributed by atoms with Gasteiger partial charge in [-0.1, -0.05) is 73.7 Å². The first kappa shape index (κ1) is 33.7. The molecular weight excluding hydrogens is 616 g/mol.